The second kappa shape index (κ2) is 7.90. The molecule has 0 radical (unpaired) electrons. The van der Waals surface area contributed by atoms with Crippen LogP contribution in [0.15, 0.2) is 35.4 Å². The molecule has 0 aliphatic carbocycles. The molecule has 0 saturated carbocycles. The molecule has 2 N–H and O–H groups in total. The summed E-state index contributed by atoms with van der Waals surface area (Å²) < 4.78 is 32.0. The maximum atomic E-state index is 12.1. The van der Waals surface area contributed by atoms with Crippen molar-refractivity contribution in [3.05, 3.63) is 46.7 Å². The number of nitrogens with one attached hydrogen (secondary N) is 2. The molecule has 1 amide bonds. The van der Waals surface area contributed by atoms with Gasteiger partial charge in [-0.2, -0.15) is 0 Å². The fraction of sp³-hybridized carbons (Fsp3) is 0.250. The smallest absolute Gasteiger partial charge is 0.355 e. The Kier molecular flexibility index (Phi) is 6.06. The van der Waals surface area contributed by atoms with Gasteiger partial charge >= 0.3 is 5.97 Å². The van der Waals surface area contributed by atoms with Crippen LogP contribution < -0.4 is 10.0 Å². The zero-order valence-electron chi connectivity index (χ0n) is 14.4. The Morgan fingerprint density at radius 1 is 1.31 bits per heavy atom. The van der Waals surface area contributed by atoms with E-state index in [0.717, 1.165) is 0 Å². The molecule has 8 nitrogen and oxygen atoms in total. The Morgan fingerprint density at radius 3 is 2.65 bits per heavy atom. The molecule has 2 aromatic rings. The Hall–Kier alpha value is -2.36. The summed E-state index contributed by atoms with van der Waals surface area (Å²) in [4.78, 5) is 24.0. The number of aryl methyl sites for hydroxylation is 1. The lowest BCUT2D eigenvalue weighted by molar-refractivity contribution is -0.119. The topological polar surface area (TPSA) is 106 Å². The average molecular weight is 400 g/mol. The van der Waals surface area contributed by atoms with Crippen molar-refractivity contribution < 1.29 is 22.7 Å². The lowest BCUT2D eigenvalue weighted by Crippen LogP contribution is -2.22. The van der Waals surface area contributed by atoms with Gasteiger partial charge in [0.2, 0.25) is 10.0 Å². The van der Waals surface area contributed by atoms with Crippen molar-refractivity contribution in [2.75, 3.05) is 19.0 Å². The molecule has 0 fully saturated rings. The summed E-state index contributed by atoms with van der Waals surface area (Å²) in [6.07, 6.45) is 1.28. The first-order valence-corrected chi connectivity index (χ1v) is 9.34. The molecule has 0 atom stereocenters. The highest BCUT2D eigenvalue weighted by atomic mass is 35.5. The second-order valence-corrected chi connectivity index (χ2v) is 7.71. The molecule has 0 unspecified atom stereocenters. The van der Waals surface area contributed by atoms with Gasteiger partial charge in [-0.1, -0.05) is 17.7 Å². The minimum Gasteiger partial charge on any atom is -0.451 e. The second-order valence-electron chi connectivity index (χ2n) is 5.42. The molecule has 140 valence electrons. The van der Waals surface area contributed by atoms with Gasteiger partial charge in [0.15, 0.2) is 6.61 Å². The van der Waals surface area contributed by atoms with Crippen molar-refractivity contribution in [2.45, 2.75) is 11.8 Å². The summed E-state index contributed by atoms with van der Waals surface area (Å²) in [5, 5.41) is 3.10. The van der Waals surface area contributed by atoms with Crippen LogP contribution in [0.3, 0.4) is 0 Å². The van der Waals surface area contributed by atoms with Crippen molar-refractivity contribution in [1.29, 1.82) is 0 Å². The predicted octanol–water partition coefficient (Wildman–Crippen LogP) is 1.69. The normalized spacial score (nSPS) is 11.2. The van der Waals surface area contributed by atoms with Gasteiger partial charge in [0.1, 0.15) is 10.6 Å². The molecule has 0 bridgehead atoms. The maximum Gasteiger partial charge on any atom is 0.355 e. The van der Waals surface area contributed by atoms with E-state index in [4.69, 9.17) is 16.3 Å². The maximum absolute atomic E-state index is 12.1. The number of halogens is 1. The number of esters is 1. The Balaban J connectivity index is 2.03. The molecular weight excluding hydrogens is 382 g/mol. The molecule has 0 aliphatic rings. The largest absolute Gasteiger partial charge is 0.451 e. The lowest BCUT2D eigenvalue weighted by Gasteiger charge is -2.10. The monoisotopic (exact) mass is 399 g/mol. The summed E-state index contributed by atoms with van der Waals surface area (Å²) in [6, 6.07) is 6.23. The summed E-state index contributed by atoms with van der Waals surface area (Å²) >= 11 is 5.98. The summed E-state index contributed by atoms with van der Waals surface area (Å²) in [6.45, 7) is 1.22. The van der Waals surface area contributed by atoms with Crippen molar-refractivity contribution >= 4 is 39.2 Å². The van der Waals surface area contributed by atoms with Crippen LogP contribution in [0.4, 0.5) is 5.69 Å². The van der Waals surface area contributed by atoms with E-state index in [-0.39, 0.29) is 10.6 Å². The van der Waals surface area contributed by atoms with E-state index < -0.39 is 28.5 Å². The number of nitrogens with zero attached hydrogens (tertiary/aromatic N) is 1. The molecule has 26 heavy (non-hydrogen) atoms. The van der Waals surface area contributed by atoms with Gasteiger partial charge in [-0.05, 0) is 37.7 Å². The van der Waals surface area contributed by atoms with Gasteiger partial charge in [-0.25, -0.2) is 17.9 Å². The number of amides is 1. The van der Waals surface area contributed by atoms with E-state index >= 15 is 0 Å². The molecule has 2 rings (SSSR count). The standard InChI is InChI=1S/C16H18ClN3O5S/c1-10-12(17)5-4-6-13(10)19-15(21)9-25-16(22)14-7-11(8-20(14)3)26(23,24)18-2/h4-8,18H,9H2,1-3H3,(H,19,21). The van der Waals surface area contributed by atoms with E-state index in [1.807, 2.05) is 0 Å². The Labute approximate surface area is 156 Å². The number of carbonyl (C=O) groups excluding carboxylic acids is 2. The fourth-order valence-electron chi connectivity index (χ4n) is 2.14. The number of hydrogen-bond acceptors (Lipinski definition) is 5. The van der Waals surface area contributed by atoms with Gasteiger partial charge in [0, 0.05) is 24.0 Å². The number of anilines is 1. The first-order chi connectivity index (χ1) is 12.2. The molecular formula is C16H18ClN3O5S. The predicted molar refractivity (Wildman–Crippen MR) is 96.8 cm³/mol. The van der Waals surface area contributed by atoms with Gasteiger partial charge in [-0.3, -0.25) is 4.79 Å². The van der Waals surface area contributed by atoms with Crippen LogP contribution in [0.2, 0.25) is 5.02 Å². The summed E-state index contributed by atoms with van der Waals surface area (Å²) in [7, 11) is -0.918. The Bertz CT molecular complexity index is 953. The number of benzene rings is 1. The van der Waals surface area contributed by atoms with Gasteiger partial charge in [-0.15, -0.1) is 0 Å². The van der Waals surface area contributed by atoms with E-state index in [1.165, 1.54) is 30.9 Å². The van der Waals surface area contributed by atoms with E-state index in [1.54, 1.807) is 25.1 Å². The van der Waals surface area contributed by atoms with E-state index in [0.29, 0.717) is 16.3 Å². The number of rotatable bonds is 6. The van der Waals surface area contributed by atoms with Crippen LogP contribution in [-0.4, -0.2) is 38.5 Å². The summed E-state index contributed by atoms with van der Waals surface area (Å²) in [5.74, 6) is -1.36. The van der Waals surface area contributed by atoms with Gasteiger partial charge < -0.3 is 14.6 Å². The van der Waals surface area contributed by atoms with Crippen molar-refractivity contribution in [3.8, 4) is 0 Å². The Morgan fingerprint density at radius 2 is 2.00 bits per heavy atom. The van der Waals surface area contributed by atoms with Crippen LogP contribution in [0.25, 0.3) is 0 Å². The SMILES string of the molecule is CNS(=O)(=O)c1cc(C(=O)OCC(=O)Nc2cccc(Cl)c2C)n(C)c1. The van der Waals surface area contributed by atoms with E-state index in [9.17, 15) is 18.0 Å². The van der Waals surface area contributed by atoms with Crippen molar-refractivity contribution in [2.24, 2.45) is 7.05 Å². The van der Waals surface area contributed by atoms with Crippen LogP contribution in [0.5, 0.6) is 0 Å². The third kappa shape index (κ3) is 4.43. The minimum absolute atomic E-state index is 0.00515. The minimum atomic E-state index is -3.68. The number of aromatic nitrogens is 1. The number of carbonyl (C=O) groups is 2. The highest BCUT2D eigenvalue weighted by molar-refractivity contribution is 7.89. The zero-order chi connectivity index (χ0) is 19.5. The number of hydrogen-bond donors (Lipinski definition) is 2. The summed E-state index contributed by atoms with van der Waals surface area (Å²) in [5.41, 5.74) is 1.21. The first kappa shape index (κ1) is 20.0. The highest BCUT2D eigenvalue weighted by Gasteiger charge is 2.20. The van der Waals surface area contributed by atoms with Crippen LogP contribution >= 0.6 is 11.6 Å². The molecule has 1 aromatic carbocycles. The molecule has 0 spiro atoms. The van der Waals surface area contributed by atoms with Gasteiger partial charge in [0.05, 0.1) is 0 Å². The van der Waals surface area contributed by atoms with Crippen molar-refractivity contribution in [1.82, 2.24) is 9.29 Å². The first-order valence-electron chi connectivity index (χ1n) is 7.47. The number of sulfonamides is 1. The van der Waals surface area contributed by atoms with E-state index in [2.05, 4.69) is 10.0 Å². The molecule has 1 heterocycles. The zero-order valence-corrected chi connectivity index (χ0v) is 15.9. The van der Waals surface area contributed by atoms with Crippen LogP contribution in [0.1, 0.15) is 16.1 Å². The molecule has 1 aromatic heterocycles. The number of ether oxygens (including phenoxy) is 1. The fourth-order valence-corrected chi connectivity index (χ4v) is 3.11. The lowest BCUT2D eigenvalue weighted by atomic mass is 10.2. The molecule has 0 saturated heterocycles. The van der Waals surface area contributed by atoms with Gasteiger partial charge in [0.25, 0.3) is 5.91 Å². The van der Waals surface area contributed by atoms with Crippen LogP contribution in [0, 0.1) is 6.92 Å². The van der Waals surface area contributed by atoms with Crippen LogP contribution in [-0.2, 0) is 26.6 Å². The molecule has 0 aliphatic heterocycles. The third-order valence-corrected chi connectivity index (χ3v) is 5.43. The molecule has 10 heteroatoms. The quantitative estimate of drug-likeness (QED) is 0.719. The highest BCUT2D eigenvalue weighted by Crippen LogP contribution is 2.22. The average Bonchev–Trinajstić information content (AvgIpc) is 2.99. The van der Waals surface area contributed by atoms with Crippen molar-refractivity contribution in [3.63, 3.8) is 0 Å². The third-order valence-electron chi connectivity index (χ3n) is 3.64.